The molecule has 5 fully saturated rings. The molecule has 3 heteroatoms. The molecule has 4 bridgehead atoms. The lowest BCUT2D eigenvalue weighted by Crippen LogP contribution is -2.55. The SMILES string of the molecule is O=C(N1CCCCO1)C12CC3CC(CC(C3)C1)C2. The van der Waals surface area contributed by atoms with E-state index in [1.54, 1.807) is 5.06 Å². The molecule has 0 unspecified atom stereocenters. The second kappa shape index (κ2) is 3.96. The van der Waals surface area contributed by atoms with E-state index in [2.05, 4.69) is 0 Å². The van der Waals surface area contributed by atoms with Crippen molar-refractivity contribution in [3.63, 3.8) is 0 Å². The van der Waals surface area contributed by atoms with Crippen LogP contribution in [0.15, 0.2) is 0 Å². The molecular weight excluding hydrogens is 226 g/mol. The van der Waals surface area contributed by atoms with E-state index in [0.717, 1.165) is 63.0 Å². The summed E-state index contributed by atoms with van der Waals surface area (Å²) in [6, 6.07) is 0. The van der Waals surface area contributed by atoms with Gasteiger partial charge in [-0.1, -0.05) is 0 Å². The summed E-state index contributed by atoms with van der Waals surface area (Å²) in [4.78, 5) is 18.5. The normalized spacial score (nSPS) is 46.4. The molecular formula is C15H23NO2. The third kappa shape index (κ3) is 1.63. The minimum Gasteiger partial charge on any atom is -0.272 e. The van der Waals surface area contributed by atoms with Crippen molar-refractivity contribution in [2.24, 2.45) is 23.2 Å². The second-order valence-electron chi connectivity index (χ2n) is 7.15. The summed E-state index contributed by atoms with van der Waals surface area (Å²) in [5.74, 6) is 2.85. The van der Waals surface area contributed by atoms with Crippen LogP contribution in [0.3, 0.4) is 0 Å². The summed E-state index contributed by atoms with van der Waals surface area (Å²) in [6.07, 6.45) is 9.85. The van der Waals surface area contributed by atoms with E-state index in [-0.39, 0.29) is 5.41 Å². The molecule has 5 rings (SSSR count). The van der Waals surface area contributed by atoms with Gasteiger partial charge < -0.3 is 0 Å². The summed E-state index contributed by atoms with van der Waals surface area (Å²) in [5.41, 5.74) is -0.0217. The van der Waals surface area contributed by atoms with Crippen molar-refractivity contribution < 1.29 is 9.63 Å². The predicted octanol–water partition coefficient (Wildman–Crippen LogP) is 2.76. The van der Waals surface area contributed by atoms with Crippen LogP contribution in [0.1, 0.15) is 51.4 Å². The van der Waals surface area contributed by atoms with Gasteiger partial charge in [-0.3, -0.25) is 9.63 Å². The minimum atomic E-state index is -0.0217. The fourth-order valence-corrected chi connectivity index (χ4v) is 5.39. The lowest BCUT2D eigenvalue weighted by Gasteiger charge is -2.56. The maximum atomic E-state index is 12.9. The number of carbonyl (C=O) groups is 1. The average Bonchev–Trinajstić information content (AvgIpc) is 2.37. The van der Waals surface area contributed by atoms with Crippen LogP contribution < -0.4 is 0 Å². The summed E-state index contributed by atoms with van der Waals surface area (Å²) in [7, 11) is 0. The molecule has 3 nitrogen and oxygen atoms in total. The Balaban J connectivity index is 1.57. The lowest BCUT2D eigenvalue weighted by atomic mass is 9.49. The Morgan fingerprint density at radius 3 is 2.11 bits per heavy atom. The standard InChI is InChI=1S/C15H23NO2/c17-14(16-3-1-2-4-18-16)15-8-11-5-12(9-15)7-13(6-11)10-15/h11-13H,1-10H2. The number of nitrogens with zero attached hydrogens (tertiary/aromatic N) is 1. The second-order valence-corrected chi connectivity index (χ2v) is 7.15. The zero-order valence-electron chi connectivity index (χ0n) is 11.1. The van der Waals surface area contributed by atoms with Crippen molar-refractivity contribution in [2.45, 2.75) is 51.4 Å². The number of hydrogen-bond donors (Lipinski definition) is 0. The highest BCUT2D eigenvalue weighted by molar-refractivity contribution is 5.82. The third-order valence-corrected chi connectivity index (χ3v) is 5.72. The van der Waals surface area contributed by atoms with Gasteiger partial charge in [0.2, 0.25) is 0 Å². The van der Waals surface area contributed by atoms with Gasteiger partial charge in [0.15, 0.2) is 0 Å². The van der Waals surface area contributed by atoms with Crippen LogP contribution in [-0.2, 0) is 9.63 Å². The first kappa shape index (κ1) is 11.3. The van der Waals surface area contributed by atoms with Crippen LogP contribution in [0.4, 0.5) is 0 Å². The molecule has 4 aliphatic carbocycles. The lowest BCUT2D eigenvalue weighted by molar-refractivity contribution is -0.217. The Hall–Kier alpha value is -0.570. The van der Waals surface area contributed by atoms with Crippen LogP contribution in [0.5, 0.6) is 0 Å². The molecule has 1 saturated heterocycles. The van der Waals surface area contributed by atoms with Crippen LogP contribution in [-0.4, -0.2) is 24.1 Å². The molecule has 0 N–H and O–H groups in total. The van der Waals surface area contributed by atoms with Crippen molar-refractivity contribution in [1.29, 1.82) is 0 Å². The predicted molar refractivity (Wildman–Crippen MR) is 67.5 cm³/mol. The number of carbonyl (C=O) groups excluding carboxylic acids is 1. The van der Waals surface area contributed by atoms with E-state index in [0.29, 0.717) is 5.91 Å². The highest BCUT2D eigenvalue weighted by Gasteiger charge is 2.55. The van der Waals surface area contributed by atoms with Gasteiger partial charge in [0.05, 0.1) is 12.0 Å². The molecule has 0 aromatic rings. The Bertz CT molecular complexity index is 324. The molecule has 100 valence electrons. The summed E-state index contributed by atoms with van der Waals surface area (Å²) < 4.78 is 0. The highest BCUT2D eigenvalue weighted by atomic mass is 16.7. The van der Waals surface area contributed by atoms with Gasteiger partial charge in [0.25, 0.3) is 5.91 Å². The van der Waals surface area contributed by atoms with E-state index < -0.39 is 0 Å². The van der Waals surface area contributed by atoms with Crippen molar-refractivity contribution in [1.82, 2.24) is 5.06 Å². The van der Waals surface area contributed by atoms with E-state index in [1.165, 1.54) is 19.3 Å². The summed E-state index contributed by atoms with van der Waals surface area (Å²) >= 11 is 0. The molecule has 5 aliphatic rings. The Labute approximate surface area is 109 Å². The molecule has 18 heavy (non-hydrogen) atoms. The van der Waals surface area contributed by atoms with Gasteiger partial charge >= 0.3 is 0 Å². The topological polar surface area (TPSA) is 29.5 Å². The van der Waals surface area contributed by atoms with E-state index in [1.807, 2.05) is 0 Å². The maximum absolute atomic E-state index is 12.9. The first-order chi connectivity index (χ1) is 8.75. The molecule has 0 aromatic heterocycles. The highest BCUT2D eigenvalue weighted by Crippen LogP contribution is 2.60. The fourth-order valence-electron chi connectivity index (χ4n) is 5.39. The van der Waals surface area contributed by atoms with Gasteiger partial charge in [-0.2, -0.15) is 0 Å². The zero-order valence-corrected chi connectivity index (χ0v) is 11.1. The quantitative estimate of drug-likeness (QED) is 0.715. The smallest absolute Gasteiger partial charge is 0.252 e. The Morgan fingerprint density at radius 1 is 1.00 bits per heavy atom. The number of hydroxylamine groups is 2. The van der Waals surface area contributed by atoms with Gasteiger partial charge in [0, 0.05) is 6.54 Å². The van der Waals surface area contributed by atoms with Crippen LogP contribution >= 0.6 is 0 Å². The molecule has 0 aromatic carbocycles. The summed E-state index contributed by atoms with van der Waals surface area (Å²) in [5, 5.41) is 1.72. The number of rotatable bonds is 1. The largest absolute Gasteiger partial charge is 0.272 e. The maximum Gasteiger partial charge on any atom is 0.252 e. The molecule has 0 radical (unpaired) electrons. The number of hydrogen-bond acceptors (Lipinski definition) is 2. The molecule has 1 aliphatic heterocycles. The first-order valence-corrected chi connectivity index (χ1v) is 7.70. The molecule has 1 heterocycles. The van der Waals surface area contributed by atoms with Crippen molar-refractivity contribution >= 4 is 5.91 Å². The molecule has 0 spiro atoms. The van der Waals surface area contributed by atoms with Crippen LogP contribution in [0, 0.1) is 23.2 Å². The number of amides is 1. The molecule has 0 atom stereocenters. The minimum absolute atomic E-state index is 0.0217. The van der Waals surface area contributed by atoms with E-state index >= 15 is 0 Å². The first-order valence-electron chi connectivity index (χ1n) is 7.70. The summed E-state index contributed by atoms with van der Waals surface area (Å²) in [6.45, 7) is 1.55. The van der Waals surface area contributed by atoms with Crippen molar-refractivity contribution in [2.75, 3.05) is 13.2 Å². The van der Waals surface area contributed by atoms with Crippen molar-refractivity contribution in [3.05, 3.63) is 0 Å². The average molecular weight is 249 g/mol. The van der Waals surface area contributed by atoms with Gasteiger partial charge in [-0.25, -0.2) is 5.06 Å². The van der Waals surface area contributed by atoms with E-state index in [4.69, 9.17) is 4.84 Å². The third-order valence-electron chi connectivity index (χ3n) is 5.72. The fraction of sp³-hybridized carbons (Fsp3) is 0.933. The van der Waals surface area contributed by atoms with Gasteiger partial charge in [0.1, 0.15) is 0 Å². The monoisotopic (exact) mass is 249 g/mol. The van der Waals surface area contributed by atoms with Crippen LogP contribution in [0.25, 0.3) is 0 Å². The van der Waals surface area contributed by atoms with Gasteiger partial charge in [-0.15, -0.1) is 0 Å². The van der Waals surface area contributed by atoms with Crippen molar-refractivity contribution in [3.8, 4) is 0 Å². The Kier molecular flexibility index (Phi) is 2.48. The van der Waals surface area contributed by atoms with Crippen LogP contribution in [0.2, 0.25) is 0 Å². The Morgan fingerprint density at radius 2 is 1.61 bits per heavy atom. The molecule has 1 amide bonds. The zero-order chi connectivity index (χ0) is 12.2. The van der Waals surface area contributed by atoms with E-state index in [9.17, 15) is 4.79 Å². The molecule has 4 saturated carbocycles. The van der Waals surface area contributed by atoms with Gasteiger partial charge in [-0.05, 0) is 69.1 Å².